The van der Waals surface area contributed by atoms with E-state index in [4.69, 9.17) is 0 Å². The first-order chi connectivity index (χ1) is 5.11. The number of anilines is 1. The van der Waals surface area contributed by atoms with Crippen LogP contribution in [0.15, 0.2) is 16.7 Å². The highest BCUT2D eigenvalue weighted by Crippen LogP contribution is 2.21. The van der Waals surface area contributed by atoms with Crippen molar-refractivity contribution < 1.29 is 0 Å². The van der Waals surface area contributed by atoms with Crippen LogP contribution in [0.2, 0.25) is 0 Å². The predicted octanol–water partition coefficient (Wildman–Crippen LogP) is 2.51. The molecule has 0 radical (unpaired) electrons. The van der Waals surface area contributed by atoms with Crippen LogP contribution in [0.4, 0.5) is 5.82 Å². The first kappa shape index (κ1) is 9.25. The average molecular weight is 327 g/mol. The highest BCUT2D eigenvalue weighted by atomic mass is 127. The van der Waals surface area contributed by atoms with Gasteiger partial charge in [-0.1, -0.05) is 0 Å². The third-order valence-corrected chi connectivity index (χ3v) is 2.44. The van der Waals surface area contributed by atoms with Crippen LogP contribution in [0.1, 0.15) is 0 Å². The highest BCUT2D eigenvalue weighted by molar-refractivity contribution is 14.1. The summed E-state index contributed by atoms with van der Waals surface area (Å²) < 4.78 is 2.18. The Labute approximate surface area is 88.3 Å². The van der Waals surface area contributed by atoms with Crippen LogP contribution in [0.5, 0.6) is 0 Å². The van der Waals surface area contributed by atoms with E-state index in [9.17, 15) is 0 Å². The Balaban J connectivity index is 3.09. The Morgan fingerprint density at radius 3 is 2.64 bits per heavy atom. The fraction of sp³-hybridized carbons (Fsp3) is 0.286. The summed E-state index contributed by atoms with van der Waals surface area (Å²) in [6.45, 7) is 0. The Kier molecular flexibility index (Phi) is 3.12. The minimum atomic E-state index is 1.01. The molecule has 0 bridgehead atoms. The minimum absolute atomic E-state index is 1.01. The van der Waals surface area contributed by atoms with Crippen molar-refractivity contribution in [3.8, 4) is 0 Å². The number of aromatic nitrogens is 1. The Bertz CT molecular complexity index is 263. The monoisotopic (exact) mass is 326 g/mol. The molecule has 0 atom stereocenters. The van der Waals surface area contributed by atoms with Gasteiger partial charge in [-0.2, -0.15) is 0 Å². The van der Waals surface area contributed by atoms with Crippen LogP contribution in [0.3, 0.4) is 0 Å². The third kappa shape index (κ3) is 2.30. The molecule has 60 valence electrons. The number of hydrogen-bond donors (Lipinski definition) is 0. The molecule has 0 amide bonds. The summed E-state index contributed by atoms with van der Waals surface area (Å²) in [4.78, 5) is 6.24. The second-order valence-electron chi connectivity index (χ2n) is 2.35. The maximum Gasteiger partial charge on any atom is 0.141 e. The van der Waals surface area contributed by atoms with E-state index in [1.54, 1.807) is 6.20 Å². The number of hydrogen-bond acceptors (Lipinski definition) is 2. The Morgan fingerprint density at radius 2 is 2.18 bits per heavy atom. The number of rotatable bonds is 1. The van der Waals surface area contributed by atoms with Gasteiger partial charge in [-0.15, -0.1) is 0 Å². The van der Waals surface area contributed by atoms with Crippen LogP contribution in [0.25, 0.3) is 0 Å². The second-order valence-corrected chi connectivity index (χ2v) is 4.43. The van der Waals surface area contributed by atoms with Gasteiger partial charge in [0.25, 0.3) is 0 Å². The van der Waals surface area contributed by atoms with E-state index in [1.165, 1.54) is 0 Å². The Morgan fingerprint density at radius 1 is 1.55 bits per heavy atom. The number of pyridine rings is 1. The first-order valence-corrected chi connectivity index (χ1v) is 4.97. The predicted molar refractivity (Wildman–Crippen MR) is 59.0 cm³/mol. The van der Waals surface area contributed by atoms with E-state index in [-0.39, 0.29) is 0 Å². The van der Waals surface area contributed by atoms with Gasteiger partial charge in [0, 0.05) is 24.8 Å². The molecule has 1 aromatic rings. The van der Waals surface area contributed by atoms with Gasteiger partial charge in [0.2, 0.25) is 0 Å². The van der Waals surface area contributed by atoms with Crippen molar-refractivity contribution in [3.63, 3.8) is 0 Å². The molecule has 0 aliphatic rings. The molecule has 1 aromatic heterocycles. The van der Waals surface area contributed by atoms with Crippen LogP contribution in [-0.2, 0) is 0 Å². The molecule has 1 rings (SSSR count). The van der Waals surface area contributed by atoms with Crippen molar-refractivity contribution in [2.24, 2.45) is 0 Å². The molecule has 11 heavy (non-hydrogen) atoms. The lowest BCUT2D eigenvalue weighted by Gasteiger charge is -2.12. The minimum Gasteiger partial charge on any atom is -0.362 e. The fourth-order valence-electron chi connectivity index (χ4n) is 0.736. The lowest BCUT2D eigenvalue weighted by Crippen LogP contribution is -2.11. The van der Waals surface area contributed by atoms with Gasteiger partial charge < -0.3 is 4.90 Å². The highest BCUT2D eigenvalue weighted by Gasteiger charge is 2.02. The molecular weight excluding hydrogens is 319 g/mol. The zero-order chi connectivity index (χ0) is 8.43. The molecular formula is C7H8BrIN2. The lowest BCUT2D eigenvalue weighted by atomic mass is 10.4. The van der Waals surface area contributed by atoms with Crippen molar-refractivity contribution in [3.05, 3.63) is 20.3 Å². The summed E-state index contributed by atoms with van der Waals surface area (Å²) in [6, 6.07) is 2.04. The largest absolute Gasteiger partial charge is 0.362 e. The number of halogens is 2. The van der Waals surface area contributed by atoms with Crippen LogP contribution in [-0.4, -0.2) is 19.1 Å². The molecule has 0 aliphatic carbocycles. The molecule has 0 unspecified atom stereocenters. The third-order valence-electron chi connectivity index (χ3n) is 1.21. The number of nitrogens with zero attached hydrogens (tertiary/aromatic N) is 2. The molecule has 0 N–H and O–H groups in total. The molecule has 1 heterocycles. The molecule has 0 aromatic carbocycles. The molecule has 0 aliphatic heterocycles. The van der Waals surface area contributed by atoms with E-state index in [0.717, 1.165) is 13.9 Å². The average Bonchev–Trinajstić information content (AvgIpc) is 1.85. The van der Waals surface area contributed by atoms with E-state index >= 15 is 0 Å². The summed E-state index contributed by atoms with van der Waals surface area (Å²) >= 11 is 5.63. The maximum atomic E-state index is 4.25. The standard InChI is InChI=1S/C7H8BrIN2/c1-11(2)7-6(9)3-5(8)4-10-7/h3-4H,1-2H3. The fourth-order valence-corrected chi connectivity index (χ4v) is 2.45. The van der Waals surface area contributed by atoms with E-state index in [2.05, 4.69) is 43.5 Å². The molecule has 2 nitrogen and oxygen atoms in total. The van der Waals surface area contributed by atoms with Crippen molar-refractivity contribution in [2.45, 2.75) is 0 Å². The zero-order valence-electron chi connectivity index (χ0n) is 6.31. The van der Waals surface area contributed by atoms with E-state index in [1.807, 2.05) is 25.1 Å². The zero-order valence-corrected chi connectivity index (χ0v) is 10.0. The first-order valence-electron chi connectivity index (χ1n) is 3.09. The van der Waals surface area contributed by atoms with Crippen molar-refractivity contribution in [2.75, 3.05) is 19.0 Å². The van der Waals surface area contributed by atoms with Crippen molar-refractivity contribution >= 4 is 44.3 Å². The molecule has 0 spiro atoms. The van der Waals surface area contributed by atoms with Crippen LogP contribution < -0.4 is 4.90 Å². The van der Waals surface area contributed by atoms with Gasteiger partial charge in [0.05, 0.1) is 3.57 Å². The van der Waals surface area contributed by atoms with E-state index < -0.39 is 0 Å². The summed E-state index contributed by atoms with van der Waals surface area (Å²) in [6.07, 6.45) is 1.80. The lowest BCUT2D eigenvalue weighted by molar-refractivity contribution is 1.06. The van der Waals surface area contributed by atoms with Crippen LogP contribution >= 0.6 is 38.5 Å². The van der Waals surface area contributed by atoms with Crippen molar-refractivity contribution in [1.29, 1.82) is 0 Å². The second kappa shape index (κ2) is 3.71. The topological polar surface area (TPSA) is 16.1 Å². The quantitative estimate of drug-likeness (QED) is 0.737. The molecule has 0 fully saturated rings. The van der Waals surface area contributed by atoms with Gasteiger partial charge in [-0.3, -0.25) is 0 Å². The molecule has 0 saturated carbocycles. The normalized spacial score (nSPS) is 9.82. The Hall–Kier alpha value is 0.160. The summed E-state index contributed by atoms with van der Waals surface area (Å²) in [7, 11) is 3.97. The summed E-state index contributed by atoms with van der Waals surface area (Å²) in [5.41, 5.74) is 0. The van der Waals surface area contributed by atoms with Gasteiger partial charge in [0.1, 0.15) is 5.82 Å². The maximum absolute atomic E-state index is 4.25. The smallest absolute Gasteiger partial charge is 0.141 e. The summed E-state index contributed by atoms with van der Waals surface area (Å²) in [5.74, 6) is 1.01. The summed E-state index contributed by atoms with van der Waals surface area (Å²) in [5, 5.41) is 0. The van der Waals surface area contributed by atoms with Gasteiger partial charge in [-0.05, 0) is 44.6 Å². The van der Waals surface area contributed by atoms with Crippen LogP contribution in [0, 0.1) is 3.57 Å². The SMILES string of the molecule is CN(C)c1ncc(Br)cc1I. The van der Waals surface area contributed by atoms with Crippen molar-refractivity contribution in [1.82, 2.24) is 4.98 Å². The van der Waals surface area contributed by atoms with Gasteiger partial charge in [-0.25, -0.2) is 4.98 Å². The van der Waals surface area contributed by atoms with E-state index in [0.29, 0.717) is 0 Å². The van der Waals surface area contributed by atoms with Gasteiger partial charge in [0.15, 0.2) is 0 Å². The van der Waals surface area contributed by atoms with Gasteiger partial charge >= 0.3 is 0 Å². The molecule has 0 saturated heterocycles. The molecule has 4 heteroatoms.